The van der Waals surface area contributed by atoms with Gasteiger partial charge in [-0.1, -0.05) is 12.1 Å². The van der Waals surface area contributed by atoms with Crippen molar-refractivity contribution in [1.29, 1.82) is 0 Å². The van der Waals surface area contributed by atoms with Crippen molar-refractivity contribution >= 4 is 11.5 Å². The molecule has 0 unspecified atom stereocenters. The van der Waals surface area contributed by atoms with E-state index >= 15 is 0 Å². The minimum Gasteiger partial charge on any atom is -0.394 e. The van der Waals surface area contributed by atoms with Crippen LogP contribution in [-0.2, 0) is 13.1 Å². The number of nitrogens with two attached hydrogens (primary N) is 1. The minimum atomic E-state index is 0.555. The van der Waals surface area contributed by atoms with Crippen LogP contribution in [0.2, 0.25) is 0 Å². The molecule has 0 aliphatic heterocycles. The molecule has 0 spiro atoms. The normalized spacial score (nSPS) is 10.7. The van der Waals surface area contributed by atoms with Crippen molar-refractivity contribution in [3.63, 3.8) is 0 Å². The molecule has 0 aromatic carbocycles. The van der Waals surface area contributed by atoms with Gasteiger partial charge in [0.15, 0.2) is 5.76 Å². The third-order valence-corrected chi connectivity index (χ3v) is 2.53. The summed E-state index contributed by atoms with van der Waals surface area (Å²) in [5.74, 6) is 1.62. The zero-order valence-corrected chi connectivity index (χ0v) is 10.1. The molecule has 0 amide bonds. The summed E-state index contributed by atoms with van der Waals surface area (Å²) in [6.07, 6.45) is 2.63. The van der Waals surface area contributed by atoms with Crippen LogP contribution in [0.25, 0.3) is 0 Å². The summed E-state index contributed by atoms with van der Waals surface area (Å²) in [5, 5.41) is 11.3. The van der Waals surface area contributed by atoms with E-state index in [1.807, 2.05) is 17.7 Å². The van der Waals surface area contributed by atoms with E-state index < -0.39 is 0 Å². The summed E-state index contributed by atoms with van der Waals surface area (Å²) in [6.45, 7) is 5.41. The van der Waals surface area contributed by atoms with Crippen LogP contribution < -0.4 is 11.1 Å². The number of nitrogens with one attached hydrogen (secondary N) is 1. The first-order chi connectivity index (χ1) is 8.22. The maximum atomic E-state index is 5.98. The second kappa shape index (κ2) is 4.90. The summed E-state index contributed by atoms with van der Waals surface area (Å²) in [6, 6.07) is 1.82. The zero-order valence-electron chi connectivity index (χ0n) is 10.1. The Labute approximate surface area is 99.8 Å². The lowest BCUT2D eigenvalue weighted by Crippen LogP contribution is -2.08. The highest BCUT2D eigenvalue weighted by molar-refractivity contribution is 5.64. The SMILES string of the molecule is CCCn1nc(C)c(N)c1NCc1ccno1. The van der Waals surface area contributed by atoms with Crippen LogP contribution in [0.4, 0.5) is 11.5 Å². The van der Waals surface area contributed by atoms with Gasteiger partial charge in [0.05, 0.1) is 24.1 Å². The van der Waals surface area contributed by atoms with Gasteiger partial charge in [-0.3, -0.25) is 0 Å². The number of hydrogen-bond donors (Lipinski definition) is 2. The summed E-state index contributed by atoms with van der Waals surface area (Å²) in [5.41, 5.74) is 7.52. The largest absolute Gasteiger partial charge is 0.394 e. The Kier molecular flexibility index (Phi) is 3.32. The molecule has 2 heterocycles. The Bertz CT molecular complexity index is 474. The molecule has 0 atom stereocenters. The quantitative estimate of drug-likeness (QED) is 0.825. The van der Waals surface area contributed by atoms with Crippen molar-refractivity contribution in [2.24, 2.45) is 0 Å². The Morgan fingerprint density at radius 2 is 2.35 bits per heavy atom. The first kappa shape index (κ1) is 11.5. The van der Waals surface area contributed by atoms with E-state index in [4.69, 9.17) is 10.3 Å². The van der Waals surface area contributed by atoms with E-state index in [1.54, 1.807) is 6.20 Å². The number of aromatic nitrogens is 3. The molecule has 17 heavy (non-hydrogen) atoms. The highest BCUT2D eigenvalue weighted by atomic mass is 16.5. The van der Waals surface area contributed by atoms with Crippen LogP contribution in [-0.4, -0.2) is 14.9 Å². The number of nitrogens with zero attached hydrogens (tertiary/aromatic N) is 3. The molecule has 6 nitrogen and oxygen atoms in total. The summed E-state index contributed by atoms with van der Waals surface area (Å²) >= 11 is 0. The number of nitrogen functional groups attached to an aromatic ring is 1. The average Bonchev–Trinajstić information content (AvgIpc) is 2.89. The standard InChI is InChI=1S/C11H17N5O/c1-3-6-16-11(10(12)8(2)15-16)13-7-9-4-5-14-17-9/h4-5,13H,3,6-7,12H2,1-2H3. The molecule has 0 saturated carbocycles. The van der Waals surface area contributed by atoms with Crippen LogP contribution in [0.5, 0.6) is 0 Å². The molecule has 0 bridgehead atoms. The molecular weight excluding hydrogens is 218 g/mol. The molecule has 3 N–H and O–H groups in total. The first-order valence-electron chi connectivity index (χ1n) is 5.68. The predicted molar refractivity (Wildman–Crippen MR) is 65.5 cm³/mol. The lowest BCUT2D eigenvalue weighted by Gasteiger charge is -2.08. The summed E-state index contributed by atoms with van der Waals surface area (Å²) in [4.78, 5) is 0. The van der Waals surface area contributed by atoms with Crippen molar-refractivity contribution in [2.75, 3.05) is 11.1 Å². The van der Waals surface area contributed by atoms with Gasteiger partial charge >= 0.3 is 0 Å². The van der Waals surface area contributed by atoms with Crippen LogP contribution in [0.3, 0.4) is 0 Å². The van der Waals surface area contributed by atoms with Gasteiger partial charge in [0, 0.05) is 12.6 Å². The Morgan fingerprint density at radius 3 is 3.00 bits per heavy atom. The van der Waals surface area contributed by atoms with Crippen molar-refractivity contribution in [3.05, 3.63) is 23.7 Å². The molecule has 0 aliphatic rings. The van der Waals surface area contributed by atoms with Gasteiger partial charge in [0.1, 0.15) is 5.82 Å². The highest BCUT2D eigenvalue weighted by Crippen LogP contribution is 2.23. The third kappa shape index (κ3) is 2.41. The molecule has 0 radical (unpaired) electrons. The average molecular weight is 235 g/mol. The van der Waals surface area contributed by atoms with Crippen molar-refractivity contribution in [3.8, 4) is 0 Å². The maximum Gasteiger partial charge on any atom is 0.155 e. The molecular formula is C11H17N5O. The van der Waals surface area contributed by atoms with Gasteiger partial charge in [-0.05, 0) is 13.3 Å². The van der Waals surface area contributed by atoms with Gasteiger partial charge in [0.2, 0.25) is 0 Å². The van der Waals surface area contributed by atoms with Gasteiger partial charge < -0.3 is 15.6 Å². The fraction of sp³-hybridized carbons (Fsp3) is 0.455. The lowest BCUT2D eigenvalue weighted by molar-refractivity contribution is 0.387. The Morgan fingerprint density at radius 1 is 1.53 bits per heavy atom. The van der Waals surface area contributed by atoms with Crippen molar-refractivity contribution < 1.29 is 4.52 Å². The van der Waals surface area contributed by atoms with Gasteiger partial charge in [-0.15, -0.1) is 0 Å². The molecule has 2 aromatic rings. The zero-order chi connectivity index (χ0) is 12.3. The molecule has 92 valence electrons. The van der Waals surface area contributed by atoms with E-state index in [0.717, 1.165) is 30.2 Å². The fourth-order valence-electron chi connectivity index (χ4n) is 1.66. The highest BCUT2D eigenvalue weighted by Gasteiger charge is 2.11. The Hall–Kier alpha value is -1.98. The third-order valence-electron chi connectivity index (χ3n) is 2.53. The Balaban J connectivity index is 2.13. The number of hydrogen-bond acceptors (Lipinski definition) is 5. The van der Waals surface area contributed by atoms with Crippen molar-refractivity contribution in [1.82, 2.24) is 14.9 Å². The van der Waals surface area contributed by atoms with Crippen LogP contribution in [0, 0.1) is 6.92 Å². The van der Waals surface area contributed by atoms with Gasteiger partial charge in [-0.2, -0.15) is 5.10 Å². The van der Waals surface area contributed by atoms with E-state index in [9.17, 15) is 0 Å². The topological polar surface area (TPSA) is 81.9 Å². The van der Waals surface area contributed by atoms with Gasteiger partial charge in [0.25, 0.3) is 0 Å². The molecule has 2 rings (SSSR count). The molecule has 0 saturated heterocycles. The number of anilines is 2. The molecule has 2 aromatic heterocycles. The van der Waals surface area contributed by atoms with E-state index in [2.05, 4.69) is 22.5 Å². The fourth-order valence-corrected chi connectivity index (χ4v) is 1.66. The van der Waals surface area contributed by atoms with Gasteiger partial charge in [-0.25, -0.2) is 4.68 Å². The molecule has 6 heteroatoms. The van der Waals surface area contributed by atoms with Crippen LogP contribution in [0.1, 0.15) is 24.8 Å². The minimum absolute atomic E-state index is 0.555. The number of aryl methyl sites for hydroxylation is 2. The molecule has 0 fully saturated rings. The smallest absolute Gasteiger partial charge is 0.155 e. The summed E-state index contributed by atoms with van der Waals surface area (Å²) in [7, 11) is 0. The van der Waals surface area contributed by atoms with Crippen molar-refractivity contribution in [2.45, 2.75) is 33.4 Å². The first-order valence-corrected chi connectivity index (χ1v) is 5.68. The summed E-state index contributed by atoms with van der Waals surface area (Å²) < 4.78 is 6.91. The van der Waals surface area contributed by atoms with Crippen LogP contribution >= 0.6 is 0 Å². The van der Waals surface area contributed by atoms with Crippen LogP contribution in [0.15, 0.2) is 16.8 Å². The second-order valence-corrected chi connectivity index (χ2v) is 3.90. The second-order valence-electron chi connectivity index (χ2n) is 3.90. The molecule has 0 aliphatic carbocycles. The number of rotatable bonds is 5. The van der Waals surface area contributed by atoms with E-state index in [-0.39, 0.29) is 0 Å². The maximum absolute atomic E-state index is 5.98. The van der Waals surface area contributed by atoms with E-state index in [1.165, 1.54) is 0 Å². The monoisotopic (exact) mass is 235 g/mol. The van der Waals surface area contributed by atoms with E-state index in [0.29, 0.717) is 12.2 Å². The lowest BCUT2D eigenvalue weighted by atomic mass is 10.3. The predicted octanol–water partition coefficient (Wildman–Crippen LogP) is 1.78.